The van der Waals surface area contributed by atoms with E-state index in [1.807, 2.05) is 25.1 Å². The molecule has 1 N–H and O–H groups in total. The molecule has 27 heavy (non-hydrogen) atoms. The minimum Gasteiger partial charge on any atom is -0.293 e. The first kappa shape index (κ1) is 19.2. The minimum atomic E-state index is -3.62. The van der Waals surface area contributed by atoms with Gasteiger partial charge in [-0.25, -0.2) is 8.42 Å². The number of hydrogen-bond acceptors (Lipinski definition) is 4. The number of Topliss-reactive ketones (excluding diaryl/α,β-unsaturated/α-hetero) is 1. The van der Waals surface area contributed by atoms with Crippen molar-refractivity contribution in [2.75, 3.05) is 10.5 Å². The first-order chi connectivity index (χ1) is 12.9. The first-order valence-electron chi connectivity index (χ1n) is 8.35. The van der Waals surface area contributed by atoms with Gasteiger partial charge in [0.05, 0.1) is 10.6 Å². The largest absolute Gasteiger partial charge is 0.293 e. The molecule has 138 valence electrons. The molecule has 3 aromatic carbocycles. The van der Waals surface area contributed by atoms with Gasteiger partial charge in [0.15, 0.2) is 5.78 Å². The van der Waals surface area contributed by atoms with Crippen molar-refractivity contribution < 1.29 is 13.2 Å². The van der Waals surface area contributed by atoms with Crippen molar-refractivity contribution in [1.29, 1.82) is 0 Å². The third-order valence-electron chi connectivity index (χ3n) is 3.90. The summed E-state index contributed by atoms with van der Waals surface area (Å²) < 4.78 is 27.4. The average Bonchev–Trinajstić information content (AvgIpc) is 2.68. The summed E-state index contributed by atoms with van der Waals surface area (Å²) in [5, 5.41) is 0. The average molecular weight is 398 g/mol. The van der Waals surface area contributed by atoms with Crippen molar-refractivity contribution >= 4 is 33.3 Å². The Morgan fingerprint density at radius 3 is 2.15 bits per heavy atom. The quantitative estimate of drug-likeness (QED) is 0.461. The molecule has 0 fully saturated rings. The van der Waals surface area contributed by atoms with Crippen LogP contribution in [0.1, 0.15) is 15.9 Å². The molecule has 0 aliphatic heterocycles. The van der Waals surface area contributed by atoms with Crippen LogP contribution in [0.5, 0.6) is 0 Å². The van der Waals surface area contributed by atoms with Crippen LogP contribution in [-0.4, -0.2) is 20.0 Å². The van der Waals surface area contributed by atoms with Crippen molar-refractivity contribution in [3.05, 3.63) is 90.0 Å². The second-order valence-electron chi connectivity index (χ2n) is 6.02. The zero-order valence-electron chi connectivity index (χ0n) is 14.8. The van der Waals surface area contributed by atoms with E-state index in [0.717, 1.165) is 10.5 Å². The van der Waals surface area contributed by atoms with E-state index < -0.39 is 10.0 Å². The number of carbonyl (C=O) groups excluding carboxylic acids is 1. The number of ketones is 1. The number of rotatable bonds is 7. The van der Waals surface area contributed by atoms with Gasteiger partial charge in [-0.3, -0.25) is 9.52 Å². The molecule has 0 atom stereocenters. The second kappa shape index (κ2) is 8.41. The molecule has 4 nitrogen and oxygen atoms in total. The van der Waals surface area contributed by atoms with E-state index in [4.69, 9.17) is 0 Å². The normalized spacial score (nSPS) is 11.1. The highest BCUT2D eigenvalue weighted by Gasteiger charge is 2.14. The van der Waals surface area contributed by atoms with E-state index in [-0.39, 0.29) is 10.7 Å². The number of hydrogen-bond donors (Lipinski definition) is 1. The van der Waals surface area contributed by atoms with Crippen molar-refractivity contribution in [3.8, 4) is 0 Å². The van der Waals surface area contributed by atoms with E-state index in [2.05, 4.69) is 4.72 Å². The van der Waals surface area contributed by atoms with Crippen molar-refractivity contribution in [2.45, 2.75) is 16.7 Å². The fourth-order valence-electron chi connectivity index (χ4n) is 2.41. The van der Waals surface area contributed by atoms with Gasteiger partial charge in [-0.2, -0.15) is 0 Å². The lowest BCUT2D eigenvalue weighted by Gasteiger charge is -2.09. The third kappa shape index (κ3) is 5.21. The van der Waals surface area contributed by atoms with Crippen molar-refractivity contribution in [3.63, 3.8) is 0 Å². The lowest BCUT2D eigenvalue weighted by molar-refractivity contribution is 0.102. The second-order valence-corrected chi connectivity index (χ2v) is 8.75. The maximum absolute atomic E-state index is 12.4. The molecule has 0 saturated heterocycles. The summed E-state index contributed by atoms with van der Waals surface area (Å²) in [6.45, 7) is 1.91. The van der Waals surface area contributed by atoms with Crippen LogP contribution >= 0.6 is 11.8 Å². The van der Waals surface area contributed by atoms with E-state index in [1.165, 1.54) is 11.8 Å². The van der Waals surface area contributed by atoms with Gasteiger partial charge >= 0.3 is 0 Å². The Balaban J connectivity index is 1.61. The Morgan fingerprint density at radius 1 is 0.889 bits per heavy atom. The van der Waals surface area contributed by atoms with Crippen LogP contribution in [0, 0.1) is 6.92 Å². The zero-order valence-corrected chi connectivity index (χ0v) is 16.4. The monoisotopic (exact) mass is 397 g/mol. The Labute approximate surface area is 163 Å². The molecule has 0 unspecified atom stereocenters. The summed E-state index contributed by atoms with van der Waals surface area (Å²) in [5.74, 6) is 0.392. The molecule has 0 aliphatic rings. The van der Waals surface area contributed by atoms with Gasteiger partial charge in [0.1, 0.15) is 0 Å². The summed E-state index contributed by atoms with van der Waals surface area (Å²) in [4.78, 5) is 13.3. The Hall–Kier alpha value is -2.57. The Kier molecular flexibility index (Phi) is 5.98. The molecule has 3 aromatic rings. The molecule has 0 saturated carbocycles. The lowest BCUT2D eigenvalue weighted by atomic mass is 10.2. The smallest absolute Gasteiger partial charge is 0.261 e. The fourth-order valence-corrected chi connectivity index (χ4v) is 4.26. The number of sulfonamides is 1. The molecule has 0 heterocycles. The van der Waals surface area contributed by atoms with Gasteiger partial charge in [-0.05, 0) is 43.3 Å². The van der Waals surface area contributed by atoms with Crippen LogP contribution in [-0.2, 0) is 10.0 Å². The highest BCUT2D eigenvalue weighted by atomic mass is 32.2. The summed E-state index contributed by atoms with van der Waals surface area (Å²) in [5.41, 5.74) is 2.17. The predicted octanol–water partition coefficient (Wildman–Crippen LogP) is 4.77. The number of benzene rings is 3. The van der Waals surface area contributed by atoms with E-state index in [1.54, 1.807) is 60.7 Å². The van der Waals surface area contributed by atoms with Gasteiger partial charge in [0, 0.05) is 16.1 Å². The maximum Gasteiger partial charge on any atom is 0.261 e. The Morgan fingerprint density at radius 2 is 1.52 bits per heavy atom. The van der Waals surface area contributed by atoms with Crippen molar-refractivity contribution in [2.24, 2.45) is 0 Å². The van der Waals surface area contributed by atoms with Crippen LogP contribution in [0.3, 0.4) is 0 Å². The summed E-state index contributed by atoms with van der Waals surface area (Å²) in [6.07, 6.45) is 0. The molecule has 0 bridgehead atoms. The molecule has 3 rings (SSSR count). The lowest BCUT2D eigenvalue weighted by Crippen LogP contribution is -2.12. The van der Waals surface area contributed by atoms with Crippen molar-refractivity contribution in [1.82, 2.24) is 0 Å². The molecular formula is C21H19NO3S2. The fraction of sp³-hybridized carbons (Fsp3) is 0.0952. The molecule has 0 spiro atoms. The number of carbonyl (C=O) groups is 1. The zero-order chi connectivity index (χ0) is 19.3. The maximum atomic E-state index is 12.4. The van der Waals surface area contributed by atoms with Gasteiger partial charge in [-0.1, -0.05) is 48.0 Å². The van der Waals surface area contributed by atoms with Gasteiger partial charge in [-0.15, -0.1) is 11.8 Å². The summed E-state index contributed by atoms with van der Waals surface area (Å²) in [7, 11) is -3.62. The highest BCUT2D eigenvalue weighted by Crippen LogP contribution is 2.23. The van der Waals surface area contributed by atoms with Gasteiger partial charge < -0.3 is 0 Å². The molecule has 0 aromatic heterocycles. The summed E-state index contributed by atoms with van der Waals surface area (Å²) >= 11 is 1.42. The molecule has 6 heteroatoms. The van der Waals surface area contributed by atoms with E-state index >= 15 is 0 Å². The first-order valence-corrected chi connectivity index (χ1v) is 10.8. The molecular weight excluding hydrogens is 378 g/mol. The SMILES string of the molecule is Cc1ccc(S(=O)(=O)Nc2ccc(SCC(=O)c3ccccc3)cc2)cc1. The highest BCUT2D eigenvalue weighted by molar-refractivity contribution is 8.00. The third-order valence-corrected chi connectivity index (χ3v) is 6.31. The minimum absolute atomic E-state index is 0.0600. The predicted molar refractivity (Wildman–Crippen MR) is 110 cm³/mol. The molecule has 0 aliphatic carbocycles. The Bertz CT molecular complexity index is 1010. The molecule has 0 amide bonds. The number of thioether (sulfide) groups is 1. The van der Waals surface area contributed by atoms with Crippen LogP contribution < -0.4 is 4.72 Å². The standard InChI is InChI=1S/C21H19NO3S2/c1-16-7-13-20(14-8-16)27(24,25)22-18-9-11-19(12-10-18)26-15-21(23)17-5-3-2-4-6-17/h2-14,22H,15H2,1H3. The summed E-state index contributed by atoms with van der Waals surface area (Å²) in [6, 6.07) is 22.8. The van der Waals surface area contributed by atoms with Gasteiger partial charge in [0.25, 0.3) is 10.0 Å². The van der Waals surface area contributed by atoms with Crippen LogP contribution in [0.25, 0.3) is 0 Å². The van der Waals surface area contributed by atoms with E-state index in [0.29, 0.717) is 17.0 Å². The number of anilines is 1. The topological polar surface area (TPSA) is 63.2 Å². The van der Waals surface area contributed by atoms with Crippen LogP contribution in [0.4, 0.5) is 5.69 Å². The van der Waals surface area contributed by atoms with E-state index in [9.17, 15) is 13.2 Å². The van der Waals surface area contributed by atoms with Crippen LogP contribution in [0.2, 0.25) is 0 Å². The molecule has 0 radical (unpaired) electrons. The number of nitrogens with one attached hydrogen (secondary N) is 1. The van der Waals surface area contributed by atoms with Crippen LogP contribution in [0.15, 0.2) is 88.7 Å². The number of aryl methyl sites for hydroxylation is 1. The van der Waals surface area contributed by atoms with Gasteiger partial charge in [0.2, 0.25) is 0 Å².